The first-order chi connectivity index (χ1) is 45.0. The predicted octanol–water partition coefficient (Wildman–Crippen LogP) is 11.8. The molecule has 0 radical (unpaired) electrons. The zero-order valence-corrected chi connectivity index (χ0v) is 52.5. The van der Waals surface area contributed by atoms with Gasteiger partial charge in [0.05, 0.1) is 45.5 Å². The molecule has 11 aromatic rings. The quantitative estimate of drug-likeness (QED) is 0.0269. The molecule has 0 atom stereocenters. The van der Waals surface area contributed by atoms with E-state index in [9.17, 15) is 28.8 Å². The second-order valence-electron chi connectivity index (χ2n) is 19.5. The summed E-state index contributed by atoms with van der Waals surface area (Å²) >= 11 is 0. The van der Waals surface area contributed by atoms with Crippen molar-refractivity contribution in [1.82, 2.24) is 39.7 Å². The molecule has 5 aromatic carbocycles. The van der Waals surface area contributed by atoms with Gasteiger partial charge in [-0.15, -0.1) is 0 Å². The first kappa shape index (κ1) is 68.2. The zero-order chi connectivity index (χ0) is 66.1. The number of benzene rings is 5. The van der Waals surface area contributed by atoms with E-state index in [0.717, 1.165) is 50.0 Å². The standard InChI is InChI=1S/C25H20N4O3.C24H18N4O3.C16H16N4O.3C2H6.H4N2/c1-32-23-21-16(11-13-26-23)15-18(28-22(21)27-17-7-3-2-4-8-17)12-14-29-24(30)19-9-5-6-10-20(19)25(29)31;29-22-20-15(10-12-25-22)14-17(27-21(20)26-16-6-2-1-3-7-16)11-13-28-23(30)18-8-4-5-9-19(18)24(28)31;17-8-6-13-10-11-7-9-18-16(21)14(11)15(20-13)19-12-4-2-1-3-5-12;4*1-2/h2-11,13,15H,12,14H2,1H3,(H,27,28);1-10,12,14H,11,13H2,(H,25,29)(H,26,27);1-5,7,9-10H,6,8,17H2,(H,18,21)(H,19,20);3*1-2H3;1-2H2. The van der Waals surface area contributed by atoms with Gasteiger partial charge in [0.1, 0.15) is 17.5 Å². The summed E-state index contributed by atoms with van der Waals surface area (Å²) in [6.45, 7) is 13.0. The number of aromatic nitrogens is 6. The van der Waals surface area contributed by atoms with Crippen LogP contribution >= 0.6 is 0 Å². The number of nitrogens with one attached hydrogen (secondary N) is 5. The first-order valence-corrected chi connectivity index (χ1v) is 30.3. The number of carbonyl (C=O) groups excluding carboxylic acids is 4. The van der Waals surface area contributed by atoms with Gasteiger partial charge in [0.15, 0.2) is 0 Å². The van der Waals surface area contributed by atoms with Crippen molar-refractivity contribution in [2.45, 2.75) is 60.8 Å². The molecule has 2 aliphatic heterocycles. The Bertz CT molecular complexity index is 4350. The topological polar surface area (TPSA) is 315 Å². The molecule has 0 unspecified atom stereocenters. The number of nitrogens with zero attached hydrogens (tertiary/aromatic N) is 6. The Morgan fingerprint density at radius 3 is 1.08 bits per heavy atom. The van der Waals surface area contributed by atoms with Gasteiger partial charge < -0.3 is 36.4 Å². The molecule has 0 aliphatic carbocycles. The number of methoxy groups -OCH3 is 1. The molecule has 21 nitrogen and oxygen atoms in total. The van der Waals surface area contributed by atoms with E-state index in [1.165, 1.54) is 9.80 Å². The van der Waals surface area contributed by atoms with Crippen LogP contribution in [0.5, 0.6) is 5.88 Å². The number of hydrogen-bond donors (Lipinski definition) is 8. The van der Waals surface area contributed by atoms with Gasteiger partial charge in [-0.1, -0.05) is 120 Å². The maximum absolute atomic E-state index is 12.7. The van der Waals surface area contributed by atoms with Crippen molar-refractivity contribution < 1.29 is 23.9 Å². The maximum Gasteiger partial charge on any atom is 0.261 e. The highest BCUT2D eigenvalue weighted by Gasteiger charge is 2.36. The SMILES string of the molecule is CC.CC.CC.COc1nccc2cc(CCN3C(=O)c4ccccc4C3=O)nc(Nc3ccccc3)c12.NCCc1cc2cc[nH]c(=O)c2c(Nc2ccccc2)n1.NN.O=C1c2ccccc2C(=O)N1CCc1cc2cc[nH]c(=O)c2c(Nc2ccccc2)n1. The fourth-order valence-corrected chi connectivity index (χ4v) is 10.0. The van der Waals surface area contributed by atoms with Crippen molar-refractivity contribution in [3.63, 3.8) is 0 Å². The number of aromatic amines is 2. The summed E-state index contributed by atoms with van der Waals surface area (Å²) in [5.41, 5.74) is 11.8. The molecular formula is C71H76N14O7. The number of para-hydroxylation sites is 3. The maximum atomic E-state index is 12.7. The lowest BCUT2D eigenvalue weighted by molar-refractivity contribution is 0.0640. The lowest BCUT2D eigenvalue weighted by atomic mass is 10.1. The van der Waals surface area contributed by atoms with Gasteiger partial charge >= 0.3 is 0 Å². The predicted molar refractivity (Wildman–Crippen MR) is 366 cm³/mol. The van der Waals surface area contributed by atoms with E-state index >= 15 is 0 Å². The van der Waals surface area contributed by atoms with Gasteiger partial charge in [0, 0.05) is 85.1 Å². The van der Waals surface area contributed by atoms with Crippen LogP contribution in [0.2, 0.25) is 0 Å². The third-order valence-electron chi connectivity index (χ3n) is 14.0. The summed E-state index contributed by atoms with van der Waals surface area (Å²) in [6, 6.07) is 53.8. The number of anilines is 6. The van der Waals surface area contributed by atoms with Gasteiger partial charge in [-0.3, -0.25) is 50.3 Å². The van der Waals surface area contributed by atoms with Gasteiger partial charge in [-0.2, -0.15) is 0 Å². The first-order valence-electron chi connectivity index (χ1n) is 30.3. The number of nitrogens with two attached hydrogens (primary N) is 3. The van der Waals surface area contributed by atoms with E-state index in [2.05, 4.69) is 52.6 Å². The zero-order valence-electron chi connectivity index (χ0n) is 52.5. The number of amides is 4. The Morgan fingerprint density at radius 1 is 0.424 bits per heavy atom. The molecule has 13 rings (SSSR count). The number of rotatable bonds is 15. The molecule has 21 heteroatoms. The average molecular weight is 1240 g/mol. The highest BCUT2D eigenvalue weighted by molar-refractivity contribution is 6.22. The molecule has 92 heavy (non-hydrogen) atoms. The van der Waals surface area contributed by atoms with Crippen LogP contribution in [0.1, 0.15) is 100 Å². The smallest absolute Gasteiger partial charge is 0.261 e. The second-order valence-corrected chi connectivity index (χ2v) is 19.5. The summed E-state index contributed by atoms with van der Waals surface area (Å²) in [7, 11) is 1.57. The Kier molecular flexibility index (Phi) is 25.2. The Morgan fingerprint density at radius 2 is 0.739 bits per heavy atom. The number of carbonyl (C=O) groups is 4. The number of hydrazine groups is 1. The molecule has 0 spiro atoms. The minimum atomic E-state index is -0.291. The molecule has 0 saturated carbocycles. The van der Waals surface area contributed by atoms with E-state index in [0.29, 0.717) is 87.9 Å². The van der Waals surface area contributed by atoms with E-state index in [1.807, 2.05) is 163 Å². The normalized spacial score (nSPS) is 11.5. The molecular weight excluding hydrogens is 1160 g/mol. The minimum Gasteiger partial charge on any atom is -0.480 e. The fourth-order valence-electron chi connectivity index (χ4n) is 10.0. The van der Waals surface area contributed by atoms with Crippen molar-refractivity contribution >= 4 is 90.5 Å². The molecule has 6 aromatic heterocycles. The number of ether oxygens (including phenoxy) is 1. The van der Waals surface area contributed by atoms with Crippen molar-refractivity contribution in [2.75, 3.05) is 42.7 Å². The molecule has 0 fully saturated rings. The van der Waals surface area contributed by atoms with Crippen LogP contribution < -0.4 is 49.2 Å². The summed E-state index contributed by atoms with van der Waals surface area (Å²) in [5, 5.41) is 14.0. The number of imide groups is 2. The monoisotopic (exact) mass is 1240 g/mol. The van der Waals surface area contributed by atoms with Crippen molar-refractivity contribution in [3.05, 3.63) is 255 Å². The summed E-state index contributed by atoms with van der Waals surface area (Å²) in [5.74, 6) is 8.96. The lowest BCUT2D eigenvalue weighted by Gasteiger charge is -2.16. The van der Waals surface area contributed by atoms with Gasteiger partial charge in [-0.05, 0) is 120 Å². The number of fused-ring (bicyclic) bond motifs is 5. The third kappa shape index (κ3) is 16.1. The summed E-state index contributed by atoms with van der Waals surface area (Å²) in [4.78, 5) is 101. The van der Waals surface area contributed by atoms with Crippen molar-refractivity contribution in [2.24, 2.45) is 17.4 Å². The molecule has 11 N–H and O–H groups in total. The van der Waals surface area contributed by atoms with E-state index in [-0.39, 0.29) is 47.8 Å². The van der Waals surface area contributed by atoms with Gasteiger partial charge in [0.2, 0.25) is 5.88 Å². The number of pyridine rings is 6. The largest absolute Gasteiger partial charge is 0.480 e. The van der Waals surface area contributed by atoms with Crippen LogP contribution in [0.3, 0.4) is 0 Å². The highest BCUT2D eigenvalue weighted by atomic mass is 16.5. The van der Waals surface area contributed by atoms with Crippen LogP contribution in [-0.4, -0.2) is 90.1 Å². The third-order valence-corrected chi connectivity index (χ3v) is 14.0. The molecule has 8 heterocycles. The molecule has 0 saturated heterocycles. The van der Waals surface area contributed by atoms with Crippen molar-refractivity contribution in [1.29, 1.82) is 0 Å². The van der Waals surface area contributed by atoms with Crippen LogP contribution in [0.15, 0.2) is 204 Å². The summed E-state index contributed by atoms with van der Waals surface area (Å²) in [6.07, 6.45) is 6.38. The summed E-state index contributed by atoms with van der Waals surface area (Å²) < 4.78 is 5.46. The minimum absolute atomic E-state index is 0.155. The van der Waals surface area contributed by atoms with Gasteiger partial charge in [-0.25, -0.2) is 19.9 Å². The number of hydrogen-bond acceptors (Lipinski definition) is 17. The molecule has 4 amide bonds. The van der Waals surface area contributed by atoms with E-state index in [1.54, 1.807) is 80.3 Å². The van der Waals surface area contributed by atoms with Crippen molar-refractivity contribution in [3.8, 4) is 5.88 Å². The van der Waals surface area contributed by atoms with Crippen LogP contribution in [-0.2, 0) is 19.3 Å². The highest BCUT2D eigenvalue weighted by Crippen LogP contribution is 2.33. The second kappa shape index (κ2) is 33.9. The van der Waals surface area contributed by atoms with Crippen LogP contribution in [0.4, 0.5) is 34.5 Å². The van der Waals surface area contributed by atoms with Gasteiger partial charge in [0.25, 0.3) is 34.7 Å². The molecule has 472 valence electrons. The van der Waals surface area contributed by atoms with E-state index < -0.39 is 0 Å². The van der Waals surface area contributed by atoms with E-state index in [4.69, 9.17) is 15.5 Å². The lowest BCUT2D eigenvalue weighted by Crippen LogP contribution is -2.32. The Labute approximate surface area is 533 Å². The average Bonchev–Trinajstić information content (AvgIpc) is 1.27. The van der Waals surface area contributed by atoms with Crippen LogP contribution in [0, 0.1) is 0 Å². The Hall–Kier alpha value is -11.3. The molecule has 2 aliphatic rings. The Balaban J connectivity index is 0.000000189. The van der Waals surface area contributed by atoms with Crippen LogP contribution in [0.25, 0.3) is 32.3 Å². The molecule has 0 bridgehead atoms. The number of H-pyrrole nitrogens is 2. The fraction of sp³-hybridized carbons (Fsp3) is 0.183.